The smallest absolute Gasteiger partial charge is 0.385 e. The fourth-order valence-electron chi connectivity index (χ4n) is 3.75. The summed E-state index contributed by atoms with van der Waals surface area (Å²) in [7, 11) is 0. The van der Waals surface area contributed by atoms with Crippen LogP contribution in [0.4, 0.5) is 13.2 Å². The molecule has 0 heterocycles. The largest absolute Gasteiger partial charge is 2.00 e. The van der Waals surface area contributed by atoms with Gasteiger partial charge in [0.1, 0.15) is 0 Å². The Morgan fingerprint density at radius 3 is 1.57 bits per heavy atom. The molecule has 49 heavy (non-hydrogen) atoms. The molecule has 0 aliphatic heterocycles. The summed E-state index contributed by atoms with van der Waals surface area (Å²) in [5.74, 6) is 0. The van der Waals surface area contributed by atoms with E-state index in [1.807, 2.05) is 52.0 Å². The number of halogens is 3. The predicted octanol–water partition coefficient (Wildman–Crippen LogP) is 15.3. The van der Waals surface area contributed by atoms with Gasteiger partial charge in [-0.05, 0) is 84.5 Å². The molecule has 0 amide bonds. The van der Waals surface area contributed by atoms with Crippen LogP contribution in [0.2, 0.25) is 0 Å². The molecule has 0 spiro atoms. The Kier molecular flexibility index (Phi) is 76.6. The SMILES string of the molecule is C=C(CCC)/C(C)=C/C(C)=C\C.CC.CC.CCCCCN(CCC)CCC.CCCCCOCCC.Cc1cc[c-]cc1.F[C-](F)F.[U+2]. The van der Waals surface area contributed by atoms with Gasteiger partial charge in [0.15, 0.2) is 6.68 Å². The van der Waals surface area contributed by atoms with Crippen molar-refractivity contribution >= 4 is 0 Å². The van der Waals surface area contributed by atoms with Gasteiger partial charge >= 0.3 is 31.1 Å². The van der Waals surface area contributed by atoms with Crippen LogP contribution < -0.4 is 0 Å². The maximum Gasteiger partial charge on any atom is 2.00 e. The van der Waals surface area contributed by atoms with E-state index in [4.69, 9.17) is 4.74 Å². The predicted molar refractivity (Wildman–Crippen MR) is 214 cm³/mol. The second kappa shape index (κ2) is 59.4. The standard InChI is InChI=1S/C12H20.C11H25N.C8H18O.C7H7.2C2H6.CF3.U/c1-6-8-11(4)12(5)9-10(3)7-2;1-4-7-8-11-12(9-5-2)10-6-3;1-3-5-6-8-9-7-4-2;1-7-5-3-2-4-6-7;2*1-2;2-1(3)4;/h7,9H,4,6,8H2,1-3,5H3;4-11H2,1-3H3;3-8H2,1-2H3;3-6H,1H3;2*1-2H3;;/q;;;-1;;;-1;+2/b10-7-,12-9+;;;;;;;. The number of aryl methyl sites for hydroxylation is 1. The van der Waals surface area contributed by atoms with Crippen molar-refractivity contribution in [2.75, 3.05) is 32.8 Å². The number of unbranched alkanes of at least 4 members (excludes halogenated alkanes) is 4. The van der Waals surface area contributed by atoms with Crippen LogP contribution in [0.3, 0.4) is 0 Å². The van der Waals surface area contributed by atoms with Gasteiger partial charge in [0.2, 0.25) is 0 Å². The van der Waals surface area contributed by atoms with Crippen molar-refractivity contribution in [2.24, 2.45) is 0 Å². The third-order valence-corrected chi connectivity index (χ3v) is 6.29. The summed E-state index contributed by atoms with van der Waals surface area (Å²) in [4.78, 5) is 2.59. The fourth-order valence-corrected chi connectivity index (χ4v) is 3.75. The molecule has 0 atom stereocenters. The molecule has 0 saturated heterocycles. The Morgan fingerprint density at radius 2 is 1.22 bits per heavy atom. The third kappa shape index (κ3) is 69.7. The first-order valence-electron chi connectivity index (χ1n) is 19.1. The van der Waals surface area contributed by atoms with Crippen molar-refractivity contribution < 1.29 is 49.0 Å². The fraction of sp³-hybridized carbons (Fsp3) is 0.698. The van der Waals surface area contributed by atoms with Crippen LogP contribution in [0.25, 0.3) is 0 Å². The van der Waals surface area contributed by atoms with E-state index >= 15 is 0 Å². The van der Waals surface area contributed by atoms with E-state index in [1.165, 1.54) is 99.7 Å². The van der Waals surface area contributed by atoms with E-state index in [0.717, 1.165) is 26.1 Å². The number of hydrogen-bond acceptors (Lipinski definition) is 2. The van der Waals surface area contributed by atoms with Crippen molar-refractivity contribution in [1.29, 1.82) is 0 Å². The second-order valence-electron chi connectivity index (χ2n) is 10.9. The van der Waals surface area contributed by atoms with Crippen LogP contribution in [-0.4, -0.2) is 37.7 Å². The molecular formula is C43H82F3NOU. The van der Waals surface area contributed by atoms with Gasteiger partial charge in [0, 0.05) is 13.2 Å². The molecule has 1 aromatic carbocycles. The monoisotopic (exact) mass is 924 g/mol. The zero-order chi connectivity index (χ0) is 38.4. The molecule has 0 aliphatic carbocycles. The second-order valence-corrected chi connectivity index (χ2v) is 10.9. The van der Waals surface area contributed by atoms with Gasteiger partial charge in [-0.15, -0.1) is 0 Å². The van der Waals surface area contributed by atoms with Crippen LogP contribution >= 0.6 is 0 Å². The number of ether oxygens (including phenoxy) is 1. The summed E-state index contributed by atoms with van der Waals surface area (Å²) < 4.78 is 34.0. The van der Waals surface area contributed by atoms with Gasteiger partial charge in [-0.1, -0.05) is 138 Å². The van der Waals surface area contributed by atoms with Gasteiger partial charge in [-0.3, -0.25) is 0 Å². The summed E-state index contributed by atoms with van der Waals surface area (Å²) in [6, 6.07) is 10.8. The normalized spacial score (nSPS) is 10.0. The molecule has 2 nitrogen and oxygen atoms in total. The van der Waals surface area contributed by atoms with E-state index in [-0.39, 0.29) is 31.1 Å². The van der Waals surface area contributed by atoms with Crippen molar-refractivity contribution in [2.45, 2.75) is 168 Å². The number of allylic oxidation sites excluding steroid dienone is 5. The quantitative estimate of drug-likeness (QED) is 0.0826. The summed E-state index contributed by atoms with van der Waals surface area (Å²) in [5.41, 5.74) is 5.18. The first kappa shape index (κ1) is 63.3. The van der Waals surface area contributed by atoms with Crippen LogP contribution in [0.15, 0.2) is 59.7 Å². The Balaban J connectivity index is -0.0000000899. The molecule has 0 aromatic heterocycles. The molecule has 0 bridgehead atoms. The summed E-state index contributed by atoms with van der Waals surface area (Å²) in [6.07, 6.45) is 18.3. The van der Waals surface area contributed by atoms with Gasteiger partial charge < -0.3 is 22.8 Å². The molecular weight excluding hydrogens is 842 g/mol. The molecule has 290 valence electrons. The Bertz CT molecular complexity index is 740. The number of rotatable bonds is 18. The zero-order valence-corrected chi connectivity index (χ0v) is 39.1. The number of benzene rings is 1. The van der Waals surface area contributed by atoms with Crippen LogP contribution in [0.5, 0.6) is 0 Å². The van der Waals surface area contributed by atoms with Crippen molar-refractivity contribution in [1.82, 2.24) is 4.90 Å². The summed E-state index contributed by atoms with van der Waals surface area (Å²) in [6.45, 7) is 36.4. The molecule has 1 aromatic rings. The number of nitrogens with zero attached hydrogens (tertiary/aromatic N) is 1. The Morgan fingerprint density at radius 1 is 0.755 bits per heavy atom. The summed E-state index contributed by atoms with van der Waals surface area (Å²) >= 11 is 0. The molecule has 1 rings (SSSR count). The molecule has 0 saturated carbocycles. The summed E-state index contributed by atoms with van der Waals surface area (Å²) in [5, 5.41) is 0. The topological polar surface area (TPSA) is 12.5 Å². The van der Waals surface area contributed by atoms with Gasteiger partial charge in [0.05, 0.1) is 0 Å². The number of hydrogen-bond donors (Lipinski definition) is 0. The minimum Gasteiger partial charge on any atom is -0.385 e. The average Bonchev–Trinajstić information content (AvgIpc) is 3.08. The first-order valence-corrected chi connectivity index (χ1v) is 19.1. The van der Waals surface area contributed by atoms with E-state index in [2.05, 4.69) is 98.9 Å². The molecule has 0 unspecified atom stereocenters. The molecule has 0 N–H and O–H groups in total. The van der Waals surface area contributed by atoms with E-state index in [9.17, 15) is 13.2 Å². The zero-order valence-electron chi connectivity index (χ0n) is 35.0. The average molecular weight is 924 g/mol. The van der Waals surface area contributed by atoms with Gasteiger partial charge in [-0.2, -0.15) is 35.9 Å². The molecule has 0 fully saturated rings. The molecule has 0 radical (unpaired) electrons. The van der Waals surface area contributed by atoms with Crippen LogP contribution in [-0.2, 0) is 4.74 Å². The van der Waals surface area contributed by atoms with Gasteiger partial charge in [-0.25, -0.2) is 0 Å². The maximum absolute atomic E-state index is 9.58. The van der Waals surface area contributed by atoms with Gasteiger partial charge in [0.25, 0.3) is 0 Å². The first-order chi connectivity index (χ1) is 23.0. The minimum absolute atomic E-state index is 0. The van der Waals surface area contributed by atoms with E-state index in [0.29, 0.717) is 0 Å². The van der Waals surface area contributed by atoms with E-state index in [1.54, 1.807) is 0 Å². The molecule has 0 aliphatic rings. The van der Waals surface area contributed by atoms with Crippen LogP contribution in [0, 0.1) is 50.8 Å². The minimum atomic E-state index is -3.08. The van der Waals surface area contributed by atoms with Crippen molar-refractivity contribution in [3.63, 3.8) is 0 Å². The maximum atomic E-state index is 9.58. The van der Waals surface area contributed by atoms with Crippen molar-refractivity contribution in [3.8, 4) is 0 Å². The van der Waals surface area contributed by atoms with Crippen molar-refractivity contribution in [3.05, 3.63) is 78.0 Å². The van der Waals surface area contributed by atoms with E-state index < -0.39 is 6.68 Å². The Labute approximate surface area is 330 Å². The van der Waals surface area contributed by atoms with Crippen LogP contribution in [0.1, 0.15) is 166 Å². The third-order valence-electron chi connectivity index (χ3n) is 6.29. The Hall–Kier alpha value is -0.798. The molecule has 6 heteroatoms.